The molecule has 1 atom stereocenters. The quantitative estimate of drug-likeness (QED) is 0.800. The Morgan fingerprint density at radius 2 is 2.20 bits per heavy atom. The van der Waals surface area contributed by atoms with Gasteiger partial charge in [0.05, 0.1) is 5.54 Å². The first-order valence-corrected chi connectivity index (χ1v) is 5.45. The molecule has 0 spiro atoms. The van der Waals surface area contributed by atoms with E-state index in [1.54, 1.807) is 0 Å². The van der Waals surface area contributed by atoms with Crippen molar-refractivity contribution in [3.63, 3.8) is 0 Å². The molecular weight excluding hydrogens is 186 g/mol. The van der Waals surface area contributed by atoms with Crippen LogP contribution in [-0.2, 0) is 0 Å². The molecule has 0 radical (unpaired) electrons. The van der Waals surface area contributed by atoms with E-state index in [0.717, 1.165) is 19.3 Å². The van der Waals surface area contributed by atoms with Gasteiger partial charge in [0.15, 0.2) is 0 Å². The third-order valence-corrected chi connectivity index (χ3v) is 2.69. The fourth-order valence-electron chi connectivity index (χ4n) is 1.97. The lowest BCUT2D eigenvalue weighted by molar-refractivity contribution is 0.485. The molecule has 2 heterocycles. The van der Waals surface area contributed by atoms with E-state index >= 15 is 0 Å². The lowest BCUT2D eigenvalue weighted by Gasteiger charge is -2.33. The molecule has 1 unspecified atom stereocenters. The highest BCUT2D eigenvalue weighted by Gasteiger charge is 2.26. The molecule has 1 aliphatic rings. The van der Waals surface area contributed by atoms with Crippen LogP contribution >= 0.6 is 0 Å². The average molecular weight is 203 g/mol. The van der Waals surface area contributed by atoms with Gasteiger partial charge in [-0.15, -0.1) is 0 Å². The summed E-state index contributed by atoms with van der Waals surface area (Å²) in [7, 11) is 0. The van der Waals surface area contributed by atoms with Crippen molar-refractivity contribution < 1.29 is 0 Å². The number of nitrogens with one attached hydrogen (secondary N) is 1. The van der Waals surface area contributed by atoms with Crippen molar-refractivity contribution in [3.05, 3.63) is 36.8 Å². The Balaban J connectivity index is 2.12. The summed E-state index contributed by atoms with van der Waals surface area (Å²) in [5, 5.41) is 0. The van der Waals surface area contributed by atoms with Crippen LogP contribution in [0.2, 0.25) is 0 Å². The van der Waals surface area contributed by atoms with Gasteiger partial charge < -0.3 is 5.43 Å². The number of aliphatic imine (C=N–C) groups is 1. The summed E-state index contributed by atoms with van der Waals surface area (Å²) in [6.07, 6.45) is 13.3. The molecule has 1 aromatic rings. The second-order valence-corrected chi connectivity index (χ2v) is 3.96. The van der Waals surface area contributed by atoms with Crippen molar-refractivity contribution >= 4 is 6.21 Å². The van der Waals surface area contributed by atoms with E-state index < -0.39 is 0 Å². The highest BCUT2D eigenvalue weighted by molar-refractivity contribution is 5.63. The first-order valence-electron chi connectivity index (χ1n) is 5.45. The van der Waals surface area contributed by atoms with Gasteiger partial charge in [-0.05, 0) is 24.6 Å². The zero-order valence-corrected chi connectivity index (χ0v) is 9.06. The normalized spacial score (nSPS) is 24.3. The molecule has 2 rings (SSSR count). The smallest absolute Gasteiger partial charge is 0.0779 e. The molecule has 1 aromatic heterocycles. The Hall–Kier alpha value is -1.51. The van der Waals surface area contributed by atoms with Crippen LogP contribution in [0.5, 0.6) is 0 Å². The Bertz CT molecular complexity index is 351. The highest BCUT2D eigenvalue weighted by atomic mass is 15.4. The van der Waals surface area contributed by atoms with Gasteiger partial charge >= 0.3 is 0 Å². The minimum absolute atomic E-state index is 0.0372. The molecular formula is C12H17N3. The number of hydrogen-bond acceptors (Lipinski definition) is 2. The topological polar surface area (TPSA) is 29.3 Å². The molecule has 0 saturated heterocycles. The van der Waals surface area contributed by atoms with Gasteiger partial charge in [0, 0.05) is 31.2 Å². The number of nitrogens with zero attached hydrogens (tertiary/aromatic N) is 2. The molecule has 1 aliphatic heterocycles. The first-order chi connectivity index (χ1) is 7.35. The van der Waals surface area contributed by atoms with Gasteiger partial charge in [-0.2, -0.15) is 0 Å². The SMILES string of the molecule is CCCC1(Nn2cccc2)C=CN=CC1. The first kappa shape index (κ1) is 10.0. The zero-order chi connectivity index (χ0) is 10.6. The molecule has 0 fully saturated rings. The number of rotatable bonds is 4. The van der Waals surface area contributed by atoms with Gasteiger partial charge in [-0.3, -0.25) is 9.67 Å². The van der Waals surface area contributed by atoms with E-state index in [1.807, 2.05) is 41.6 Å². The van der Waals surface area contributed by atoms with Gasteiger partial charge in [-0.25, -0.2) is 0 Å². The van der Waals surface area contributed by atoms with E-state index in [0.29, 0.717) is 0 Å². The fraction of sp³-hybridized carbons (Fsp3) is 0.417. The van der Waals surface area contributed by atoms with Crippen molar-refractivity contribution in [1.29, 1.82) is 0 Å². The van der Waals surface area contributed by atoms with Crippen molar-refractivity contribution in [2.75, 3.05) is 5.43 Å². The molecule has 0 aromatic carbocycles. The standard InChI is InChI=1S/C12H17N3/c1-2-5-12(6-8-13-9-7-12)14-15-10-3-4-11-15/h3-4,6,8-11,14H,2,5,7H2,1H3. The van der Waals surface area contributed by atoms with E-state index in [9.17, 15) is 0 Å². The molecule has 80 valence electrons. The minimum Gasteiger partial charge on any atom is -0.316 e. The lowest BCUT2D eigenvalue weighted by atomic mass is 9.90. The van der Waals surface area contributed by atoms with Crippen LogP contribution in [-0.4, -0.2) is 16.4 Å². The molecule has 15 heavy (non-hydrogen) atoms. The van der Waals surface area contributed by atoms with Crippen LogP contribution in [0.4, 0.5) is 0 Å². The predicted molar refractivity (Wildman–Crippen MR) is 63.7 cm³/mol. The Labute approximate surface area is 90.5 Å². The summed E-state index contributed by atoms with van der Waals surface area (Å²) in [5.74, 6) is 0. The number of hydrogen-bond donors (Lipinski definition) is 1. The molecule has 3 nitrogen and oxygen atoms in total. The second kappa shape index (κ2) is 4.34. The molecule has 0 aliphatic carbocycles. The van der Waals surface area contributed by atoms with E-state index in [-0.39, 0.29) is 5.54 Å². The molecule has 0 saturated carbocycles. The molecule has 1 N–H and O–H groups in total. The monoisotopic (exact) mass is 203 g/mol. The van der Waals surface area contributed by atoms with Gasteiger partial charge in [0.1, 0.15) is 0 Å². The summed E-state index contributed by atoms with van der Waals surface area (Å²) in [4.78, 5) is 4.13. The van der Waals surface area contributed by atoms with Crippen molar-refractivity contribution in [2.24, 2.45) is 4.99 Å². The van der Waals surface area contributed by atoms with E-state index in [1.165, 1.54) is 0 Å². The maximum absolute atomic E-state index is 4.13. The van der Waals surface area contributed by atoms with Crippen LogP contribution in [0, 0.1) is 0 Å². The third kappa shape index (κ3) is 2.29. The van der Waals surface area contributed by atoms with Crippen molar-refractivity contribution in [1.82, 2.24) is 4.68 Å². The van der Waals surface area contributed by atoms with Gasteiger partial charge in [-0.1, -0.05) is 13.3 Å². The summed E-state index contributed by atoms with van der Waals surface area (Å²) < 4.78 is 2.01. The van der Waals surface area contributed by atoms with E-state index in [4.69, 9.17) is 0 Å². The van der Waals surface area contributed by atoms with Gasteiger partial charge in [0.2, 0.25) is 0 Å². The highest BCUT2D eigenvalue weighted by Crippen LogP contribution is 2.22. The van der Waals surface area contributed by atoms with Crippen LogP contribution in [0.25, 0.3) is 0 Å². The van der Waals surface area contributed by atoms with Gasteiger partial charge in [0.25, 0.3) is 0 Å². The maximum Gasteiger partial charge on any atom is 0.0779 e. The molecule has 0 bridgehead atoms. The average Bonchev–Trinajstić information content (AvgIpc) is 2.72. The Morgan fingerprint density at radius 3 is 2.80 bits per heavy atom. The summed E-state index contributed by atoms with van der Waals surface area (Å²) in [5.41, 5.74) is 3.55. The third-order valence-electron chi connectivity index (χ3n) is 2.69. The zero-order valence-electron chi connectivity index (χ0n) is 9.06. The second-order valence-electron chi connectivity index (χ2n) is 3.96. The van der Waals surface area contributed by atoms with Crippen LogP contribution in [0.3, 0.4) is 0 Å². The summed E-state index contributed by atoms with van der Waals surface area (Å²) in [6.45, 7) is 2.21. The molecule has 0 amide bonds. The van der Waals surface area contributed by atoms with Crippen LogP contribution in [0.15, 0.2) is 41.8 Å². The lowest BCUT2D eigenvalue weighted by Crippen LogP contribution is -2.42. The summed E-state index contributed by atoms with van der Waals surface area (Å²) >= 11 is 0. The molecule has 3 heteroatoms. The Kier molecular flexibility index (Phi) is 2.90. The fourth-order valence-corrected chi connectivity index (χ4v) is 1.97. The largest absolute Gasteiger partial charge is 0.316 e. The Morgan fingerprint density at radius 1 is 1.40 bits per heavy atom. The predicted octanol–water partition coefficient (Wildman–Crippen LogP) is 2.56. The van der Waals surface area contributed by atoms with Crippen LogP contribution < -0.4 is 5.43 Å². The summed E-state index contributed by atoms with van der Waals surface area (Å²) in [6, 6.07) is 4.04. The van der Waals surface area contributed by atoms with Crippen LogP contribution in [0.1, 0.15) is 26.2 Å². The van der Waals surface area contributed by atoms with Crippen molar-refractivity contribution in [3.8, 4) is 0 Å². The maximum atomic E-state index is 4.13. The van der Waals surface area contributed by atoms with Crippen molar-refractivity contribution in [2.45, 2.75) is 31.7 Å². The van der Waals surface area contributed by atoms with E-state index in [2.05, 4.69) is 23.4 Å². The number of aromatic nitrogens is 1. The minimum atomic E-state index is 0.0372.